The van der Waals surface area contributed by atoms with E-state index in [0.717, 1.165) is 81.3 Å². The van der Waals surface area contributed by atoms with Gasteiger partial charge in [-0.25, -0.2) is 9.97 Å². The first-order chi connectivity index (χ1) is 21.4. The van der Waals surface area contributed by atoms with Crippen molar-refractivity contribution in [3.05, 3.63) is 114 Å². The van der Waals surface area contributed by atoms with Gasteiger partial charge in [-0.05, 0) is 88.4 Å². The molecule has 0 radical (unpaired) electrons. The van der Waals surface area contributed by atoms with Crippen molar-refractivity contribution in [1.29, 1.82) is 0 Å². The Balaban J connectivity index is 1.10. The molecule has 0 spiro atoms. The smallest absolute Gasteiger partial charge is 0.257 e. The van der Waals surface area contributed by atoms with Crippen LogP contribution in [0.15, 0.2) is 91.3 Å². The highest BCUT2D eigenvalue weighted by Gasteiger charge is 2.39. The number of aryl methyl sites for hydroxylation is 2. The van der Waals surface area contributed by atoms with Crippen LogP contribution in [0.1, 0.15) is 59.9 Å². The number of ether oxygens (including phenoxy) is 1. The van der Waals surface area contributed by atoms with E-state index < -0.39 is 0 Å². The van der Waals surface area contributed by atoms with Crippen LogP contribution in [-0.2, 0) is 6.54 Å². The van der Waals surface area contributed by atoms with Crippen molar-refractivity contribution in [2.24, 2.45) is 0 Å². The Morgan fingerprint density at radius 2 is 1.39 bits per heavy atom. The number of piperidine rings is 2. The van der Waals surface area contributed by atoms with E-state index in [9.17, 15) is 4.79 Å². The third-order valence-corrected chi connectivity index (χ3v) is 9.58. The lowest BCUT2D eigenvalue weighted by Gasteiger charge is -2.50. The van der Waals surface area contributed by atoms with Gasteiger partial charge in [0.15, 0.2) is 0 Å². The number of hydrogen-bond acceptors (Lipinski definition) is 6. The number of aromatic nitrogens is 2. The highest BCUT2D eigenvalue weighted by Crippen LogP contribution is 2.35. The van der Waals surface area contributed by atoms with Crippen LogP contribution >= 0.6 is 0 Å². The number of likely N-dealkylation sites (tertiary alicyclic amines) is 2. The Kier molecular flexibility index (Phi) is 8.94. The minimum Gasteiger partial charge on any atom is -0.457 e. The number of rotatable bonds is 8. The Hall–Kier alpha value is -4.23. The first kappa shape index (κ1) is 29.8. The van der Waals surface area contributed by atoms with E-state index >= 15 is 0 Å². The number of carbonyl (C=O) groups is 1. The van der Waals surface area contributed by atoms with Crippen molar-refractivity contribution in [2.75, 3.05) is 31.1 Å². The molecule has 4 aromatic rings. The number of anilines is 1. The van der Waals surface area contributed by atoms with Crippen LogP contribution in [-0.4, -0.2) is 63.4 Å². The van der Waals surface area contributed by atoms with Crippen LogP contribution in [0.5, 0.6) is 11.5 Å². The molecular formula is C37H43N5O2. The van der Waals surface area contributed by atoms with Gasteiger partial charge in [0, 0.05) is 50.0 Å². The summed E-state index contributed by atoms with van der Waals surface area (Å²) in [6.45, 7) is 10.7. The summed E-state index contributed by atoms with van der Waals surface area (Å²) in [5.41, 5.74) is 4.82. The molecule has 7 nitrogen and oxygen atoms in total. The van der Waals surface area contributed by atoms with Crippen molar-refractivity contribution < 1.29 is 9.53 Å². The van der Waals surface area contributed by atoms with Gasteiger partial charge in [0.1, 0.15) is 17.8 Å². The first-order valence-electron chi connectivity index (χ1n) is 15.9. The molecule has 3 heterocycles. The number of para-hydroxylation sites is 1. The number of carbonyl (C=O) groups excluding carboxylic acids is 1. The van der Waals surface area contributed by atoms with E-state index in [1.54, 1.807) is 0 Å². The number of amides is 1. The monoisotopic (exact) mass is 589 g/mol. The summed E-state index contributed by atoms with van der Waals surface area (Å²) in [4.78, 5) is 29.2. The minimum atomic E-state index is 0.0677. The fourth-order valence-corrected chi connectivity index (χ4v) is 6.83. The topological polar surface area (TPSA) is 61.8 Å². The zero-order chi connectivity index (χ0) is 30.5. The Labute approximate surface area is 261 Å². The first-order valence-corrected chi connectivity index (χ1v) is 15.9. The highest BCUT2D eigenvalue weighted by atomic mass is 16.5. The van der Waals surface area contributed by atoms with Gasteiger partial charge in [0.2, 0.25) is 0 Å². The molecule has 0 saturated carbocycles. The molecule has 0 unspecified atom stereocenters. The molecule has 0 aliphatic carbocycles. The van der Waals surface area contributed by atoms with Crippen molar-refractivity contribution in [3.63, 3.8) is 0 Å². The van der Waals surface area contributed by atoms with Crippen molar-refractivity contribution in [1.82, 2.24) is 19.8 Å². The second-order valence-electron chi connectivity index (χ2n) is 12.4. The molecule has 7 heteroatoms. The molecular weight excluding hydrogens is 546 g/mol. The largest absolute Gasteiger partial charge is 0.457 e. The fourth-order valence-electron chi connectivity index (χ4n) is 6.83. The van der Waals surface area contributed by atoms with Crippen LogP contribution in [0.25, 0.3) is 0 Å². The summed E-state index contributed by atoms with van der Waals surface area (Å²) in [6.07, 6.45) is 5.70. The van der Waals surface area contributed by atoms with Gasteiger partial charge in [-0.15, -0.1) is 0 Å². The second-order valence-corrected chi connectivity index (χ2v) is 12.4. The predicted octanol–water partition coefficient (Wildman–Crippen LogP) is 7.05. The van der Waals surface area contributed by atoms with Crippen LogP contribution in [0, 0.1) is 13.8 Å². The maximum Gasteiger partial charge on any atom is 0.257 e. The van der Waals surface area contributed by atoms with Gasteiger partial charge in [-0.3, -0.25) is 9.69 Å². The standard InChI is InChI=1S/C37H43N5O2/c1-28-35(29(2)39-27-38-28)36(43)40-24-20-37(3,21-25-40)41-22-18-32(19-23-41)42(26-30-10-6-4-7-11-30)31-14-16-34(17-15-31)44-33-12-8-5-9-13-33/h4-17,27,32H,18-26H2,1-3H3. The zero-order valence-corrected chi connectivity index (χ0v) is 26.2. The SMILES string of the molecule is Cc1ncnc(C)c1C(=O)N1CCC(C)(N2CCC(N(Cc3ccccc3)c3ccc(Oc4ccccc4)cc3)CC2)CC1. The van der Waals surface area contributed by atoms with Crippen molar-refractivity contribution >= 4 is 11.6 Å². The second kappa shape index (κ2) is 13.2. The summed E-state index contributed by atoms with van der Waals surface area (Å²) in [6, 6.07) is 29.7. The van der Waals surface area contributed by atoms with Crippen molar-refractivity contribution in [3.8, 4) is 11.5 Å². The average molecular weight is 590 g/mol. The maximum atomic E-state index is 13.4. The van der Waals surface area contributed by atoms with Crippen LogP contribution in [0.3, 0.4) is 0 Å². The van der Waals surface area contributed by atoms with E-state index in [0.29, 0.717) is 11.6 Å². The van der Waals surface area contributed by atoms with Gasteiger partial charge < -0.3 is 14.5 Å². The lowest BCUT2D eigenvalue weighted by atomic mass is 9.85. The molecule has 1 amide bonds. The summed E-state index contributed by atoms with van der Waals surface area (Å²) in [5.74, 6) is 1.76. The molecule has 2 saturated heterocycles. The van der Waals surface area contributed by atoms with Gasteiger partial charge in [-0.2, -0.15) is 0 Å². The third-order valence-electron chi connectivity index (χ3n) is 9.58. The molecule has 3 aromatic carbocycles. The van der Waals surface area contributed by atoms with Crippen LogP contribution in [0.4, 0.5) is 5.69 Å². The molecule has 2 aliphatic heterocycles. The van der Waals surface area contributed by atoms with E-state index in [4.69, 9.17) is 4.74 Å². The summed E-state index contributed by atoms with van der Waals surface area (Å²) >= 11 is 0. The third kappa shape index (κ3) is 6.63. The predicted molar refractivity (Wildman–Crippen MR) is 175 cm³/mol. The Morgan fingerprint density at radius 1 is 0.818 bits per heavy atom. The van der Waals surface area contributed by atoms with Gasteiger partial charge in [0.25, 0.3) is 5.91 Å². The number of benzene rings is 3. The molecule has 1 aromatic heterocycles. The number of hydrogen-bond donors (Lipinski definition) is 0. The molecule has 44 heavy (non-hydrogen) atoms. The summed E-state index contributed by atoms with van der Waals surface area (Å²) in [7, 11) is 0. The maximum absolute atomic E-state index is 13.4. The molecule has 2 aliphatic rings. The van der Waals surface area contributed by atoms with Crippen molar-refractivity contribution in [2.45, 2.75) is 64.6 Å². The average Bonchev–Trinajstić information content (AvgIpc) is 3.05. The van der Waals surface area contributed by atoms with Gasteiger partial charge in [-0.1, -0.05) is 48.5 Å². The summed E-state index contributed by atoms with van der Waals surface area (Å²) < 4.78 is 6.07. The molecule has 0 N–H and O–H groups in total. The quantitative estimate of drug-likeness (QED) is 0.220. The zero-order valence-electron chi connectivity index (χ0n) is 26.2. The molecule has 228 valence electrons. The van der Waals surface area contributed by atoms with E-state index in [-0.39, 0.29) is 11.4 Å². The molecule has 0 bridgehead atoms. The van der Waals surface area contributed by atoms with Crippen LogP contribution < -0.4 is 9.64 Å². The van der Waals surface area contributed by atoms with E-state index in [2.05, 4.69) is 81.3 Å². The lowest BCUT2D eigenvalue weighted by Crippen LogP contribution is -2.58. The highest BCUT2D eigenvalue weighted by molar-refractivity contribution is 5.96. The van der Waals surface area contributed by atoms with E-state index in [1.807, 2.05) is 49.1 Å². The lowest BCUT2D eigenvalue weighted by molar-refractivity contribution is 0.0170. The van der Waals surface area contributed by atoms with Crippen LogP contribution in [0.2, 0.25) is 0 Å². The van der Waals surface area contributed by atoms with Gasteiger partial charge in [0.05, 0.1) is 17.0 Å². The molecule has 2 fully saturated rings. The summed E-state index contributed by atoms with van der Waals surface area (Å²) in [5, 5.41) is 0. The van der Waals surface area contributed by atoms with E-state index in [1.165, 1.54) is 17.6 Å². The Bertz CT molecular complexity index is 1510. The molecule has 0 atom stereocenters. The number of nitrogens with zero attached hydrogens (tertiary/aromatic N) is 5. The van der Waals surface area contributed by atoms with Gasteiger partial charge >= 0.3 is 0 Å². The molecule has 6 rings (SSSR count). The normalized spacial score (nSPS) is 17.3. The Morgan fingerprint density at radius 3 is 2.00 bits per heavy atom. The fraction of sp³-hybridized carbons (Fsp3) is 0.378. The minimum absolute atomic E-state index is 0.0677.